The molecule has 0 saturated carbocycles. The van der Waals surface area contributed by atoms with Crippen LogP contribution in [0.25, 0.3) is 0 Å². The lowest BCUT2D eigenvalue weighted by molar-refractivity contribution is 0.134. The average Bonchev–Trinajstić information content (AvgIpc) is 2.54. The first-order chi connectivity index (χ1) is 10.9. The van der Waals surface area contributed by atoms with E-state index in [1.54, 1.807) is 0 Å². The first-order valence-corrected chi connectivity index (χ1v) is 9.03. The molecule has 0 bridgehead atoms. The van der Waals surface area contributed by atoms with E-state index in [-0.39, 0.29) is 5.54 Å². The Hall–Kier alpha value is -1.06. The Morgan fingerprint density at radius 1 is 1.26 bits per heavy atom. The molecule has 1 fully saturated rings. The van der Waals surface area contributed by atoms with Crippen molar-refractivity contribution in [2.75, 3.05) is 33.2 Å². The third-order valence-corrected chi connectivity index (χ3v) is 5.13. The third kappa shape index (κ3) is 5.22. The fraction of sp³-hybridized carbons (Fsp3) is 0.700. The second-order valence-corrected chi connectivity index (χ2v) is 7.04. The van der Waals surface area contributed by atoms with Gasteiger partial charge in [0.2, 0.25) is 0 Å². The number of rotatable bonds is 7. The highest BCUT2D eigenvalue weighted by Crippen LogP contribution is 2.31. The molecule has 0 aromatic heterocycles. The van der Waals surface area contributed by atoms with Crippen LogP contribution in [0.1, 0.15) is 48.0 Å². The maximum Gasteiger partial charge on any atom is 0.0404 e. The third-order valence-electron chi connectivity index (χ3n) is 5.13. The number of nitrogens with zero attached hydrogens (tertiary/aromatic N) is 1. The van der Waals surface area contributed by atoms with Crippen LogP contribution in [0.2, 0.25) is 0 Å². The minimum absolute atomic E-state index is 0.0797. The summed E-state index contributed by atoms with van der Waals surface area (Å²) in [6, 6.07) is 0. The zero-order valence-corrected chi connectivity index (χ0v) is 16.3. The van der Waals surface area contributed by atoms with Crippen molar-refractivity contribution in [3.63, 3.8) is 0 Å². The summed E-state index contributed by atoms with van der Waals surface area (Å²) in [7, 11) is 1.97. The minimum atomic E-state index is 0.0797. The molecule has 0 aliphatic carbocycles. The highest BCUT2D eigenvalue weighted by atomic mass is 15.2. The average molecular weight is 320 g/mol. The SMILES string of the molecule is C/C=C(\C(C)=C/C(CC)/C(C)=C/NC)C(C)(C)N1CCNCC1. The van der Waals surface area contributed by atoms with E-state index >= 15 is 0 Å². The van der Waals surface area contributed by atoms with Crippen LogP contribution in [-0.2, 0) is 0 Å². The Labute approximate surface area is 143 Å². The molecule has 1 unspecified atom stereocenters. The van der Waals surface area contributed by atoms with Crippen molar-refractivity contribution in [2.24, 2.45) is 5.92 Å². The number of nitrogens with one attached hydrogen (secondary N) is 2. The Bertz CT molecular complexity index is 452. The summed E-state index contributed by atoms with van der Waals surface area (Å²) in [5.74, 6) is 0.497. The molecule has 23 heavy (non-hydrogen) atoms. The largest absolute Gasteiger partial charge is 0.394 e. The van der Waals surface area contributed by atoms with Gasteiger partial charge in [-0.3, -0.25) is 4.90 Å². The highest BCUT2D eigenvalue weighted by Gasteiger charge is 2.31. The van der Waals surface area contributed by atoms with Crippen molar-refractivity contribution in [3.8, 4) is 0 Å². The van der Waals surface area contributed by atoms with Crippen LogP contribution >= 0.6 is 0 Å². The predicted molar refractivity (Wildman–Crippen MR) is 103 cm³/mol. The summed E-state index contributed by atoms with van der Waals surface area (Å²) >= 11 is 0. The van der Waals surface area contributed by atoms with Crippen LogP contribution in [0.3, 0.4) is 0 Å². The molecule has 3 nitrogen and oxygen atoms in total. The molecule has 2 N–H and O–H groups in total. The van der Waals surface area contributed by atoms with E-state index < -0.39 is 0 Å². The minimum Gasteiger partial charge on any atom is -0.394 e. The van der Waals surface area contributed by atoms with Crippen molar-refractivity contribution >= 4 is 0 Å². The van der Waals surface area contributed by atoms with Gasteiger partial charge in [0.25, 0.3) is 0 Å². The summed E-state index contributed by atoms with van der Waals surface area (Å²) in [4.78, 5) is 2.60. The van der Waals surface area contributed by atoms with Crippen LogP contribution in [0.5, 0.6) is 0 Å². The highest BCUT2D eigenvalue weighted by molar-refractivity contribution is 5.38. The fourth-order valence-corrected chi connectivity index (χ4v) is 3.76. The molecular weight excluding hydrogens is 282 g/mol. The molecule has 0 aromatic rings. The first-order valence-electron chi connectivity index (χ1n) is 9.03. The molecule has 1 atom stereocenters. The van der Waals surface area contributed by atoms with E-state index in [0.29, 0.717) is 5.92 Å². The van der Waals surface area contributed by atoms with Gasteiger partial charge >= 0.3 is 0 Å². The summed E-state index contributed by atoms with van der Waals surface area (Å²) in [5.41, 5.74) is 4.34. The monoisotopic (exact) mass is 319 g/mol. The van der Waals surface area contributed by atoms with Gasteiger partial charge in [-0.2, -0.15) is 0 Å². The molecule has 1 aliphatic rings. The molecule has 1 rings (SSSR count). The van der Waals surface area contributed by atoms with E-state index in [1.165, 1.54) is 16.7 Å². The van der Waals surface area contributed by atoms with Crippen LogP contribution in [0.4, 0.5) is 0 Å². The number of hydrogen-bond acceptors (Lipinski definition) is 3. The van der Waals surface area contributed by atoms with Gasteiger partial charge < -0.3 is 10.6 Å². The summed E-state index contributed by atoms with van der Waals surface area (Å²) in [6.45, 7) is 18.1. The molecule has 1 saturated heterocycles. The maximum absolute atomic E-state index is 3.45. The summed E-state index contributed by atoms with van der Waals surface area (Å²) < 4.78 is 0. The smallest absolute Gasteiger partial charge is 0.0404 e. The second kappa shape index (κ2) is 9.29. The van der Waals surface area contributed by atoms with Crippen molar-refractivity contribution in [2.45, 2.75) is 53.5 Å². The topological polar surface area (TPSA) is 27.3 Å². The van der Waals surface area contributed by atoms with Gasteiger partial charge in [0.05, 0.1) is 0 Å². The lowest BCUT2D eigenvalue weighted by Crippen LogP contribution is -2.54. The molecule has 0 amide bonds. The standard InChI is InChI=1S/C20H37N3/c1-8-18(17(4)15-21-7)14-16(3)19(9-2)20(5,6)23-12-10-22-11-13-23/h9,14-15,18,21-22H,8,10-13H2,1-7H3/b16-14-,17-15+,19-9+. The van der Waals surface area contributed by atoms with Crippen LogP contribution in [0.15, 0.2) is 35.1 Å². The lowest BCUT2D eigenvalue weighted by Gasteiger charge is -2.43. The zero-order valence-electron chi connectivity index (χ0n) is 16.3. The Balaban J connectivity index is 3.02. The Morgan fingerprint density at radius 2 is 1.87 bits per heavy atom. The van der Waals surface area contributed by atoms with Crippen molar-refractivity contribution in [3.05, 3.63) is 35.1 Å². The number of hydrogen-bond donors (Lipinski definition) is 2. The zero-order chi connectivity index (χ0) is 17.5. The quantitative estimate of drug-likeness (QED) is 0.701. The van der Waals surface area contributed by atoms with E-state index in [1.807, 2.05) is 7.05 Å². The first kappa shape index (κ1) is 20.0. The molecular formula is C20H37N3. The van der Waals surface area contributed by atoms with Gasteiger partial charge in [-0.05, 0) is 64.3 Å². The van der Waals surface area contributed by atoms with Crippen LogP contribution in [0, 0.1) is 5.92 Å². The summed E-state index contributed by atoms with van der Waals surface area (Å²) in [5, 5.41) is 6.61. The molecule has 3 heteroatoms. The van der Waals surface area contributed by atoms with Crippen molar-refractivity contribution < 1.29 is 0 Å². The van der Waals surface area contributed by atoms with Gasteiger partial charge in [-0.25, -0.2) is 0 Å². The Morgan fingerprint density at radius 3 is 2.35 bits per heavy atom. The van der Waals surface area contributed by atoms with E-state index in [2.05, 4.69) is 75.4 Å². The molecule has 132 valence electrons. The van der Waals surface area contributed by atoms with Gasteiger partial charge in [-0.15, -0.1) is 0 Å². The normalized spacial score (nSPS) is 20.6. The predicted octanol–water partition coefficient (Wildman–Crippen LogP) is 3.71. The van der Waals surface area contributed by atoms with Crippen LogP contribution in [-0.4, -0.2) is 43.7 Å². The maximum atomic E-state index is 3.45. The summed E-state index contributed by atoms with van der Waals surface area (Å²) in [6.07, 6.45) is 8.00. The molecule has 1 aliphatic heterocycles. The number of allylic oxidation sites excluding steroid dienone is 3. The molecule has 0 radical (unpaired) electrons. The van der Waals surface area contributed by atoms with Crippen molar-refractivity contribution in [1.82, 2.24) is 15.5 Å². The van der Waals surface area contributed by atoms with Gasteiger partial charge in [0, 0.05) is 38.8 Å². The number of piperazine rings is 1. The second-order valence-electron chi connectivity index (χ2n) is 7.04. The lowest BCUT2D eigenvalue weighted by atomic mass is 9.83. The van der Waals surface area contributed by atoms with E-state index in [4.69, 9.17) is 0 Å². The van der Waals surface area contributed by atoms with Gasteiger partial charge in [-0.1, -0.05) is 24.6 Å². The van der Waals surface area contributed by atoms with E-state index in [9.17, 15) is 0 Å². The van der Waals surface area contributed by atoms with Crippen molar-refractivity contribution in [1.29, 1.82) is 0 Å². The molecule has 0 spiro atoms. The van der Waals surface area contributed by atoms with Gasteiger partial charge in [0.15, 0.2) is 0 Å². The molecule has 1 heterocycles. The Kier molecular flexibility index (Phi) is 8.07. The van der Waals surface area contributed by atoms with Crippen LogP contribution < -0.4 is 10.6 Å². The van der Waals surface area contributed by atoms with Gasteiger partial charge in [0.1, 0.15) is 0 Å². The fourth-order valence-electron chi connectivity index (χ4n) is 3.76. The molecule has 0 aromatic carbocycles. The van der Waals surface area contributed by atoms with E-state index in [0.717, 1.165) is 32.6 Å².